The fraction of sp³-hybridized carbons (Fsp3) is 0.273. The average Bonchev–Trinajstić information content (AvgIpc) is 2.18. The smallest absolute Gasteiger partial charge is 0.168 e. The van der Waals surface area contributed by atoms with E-state index in [1.165, 1.54) is 0 Å². The quantitative estimate of drug-likeness (QED) is 0.488. The molecule has 1 rings (SSSR count). The molecule has 0 amide bonds. The maximum atomic E-state index is 10.6. The first-order chi connectivity index (χ1) is 6.69. The first kappa shape index (κ1) is 11.4. The molecule has 0 aliphatic carbocycles. The van der Waals surface area contributed by atoms with E-state index in [0.717, 1.165) is 27.5 Å². The summed E-state index contributed by atoms with van der Waals surface area (Å²) in [6.07, 6.45) is 4.91. The van der Waals surface area contributed by atoms with E-state index in [1.807, 2.05) is 26.0 Å². The molecule has 0 aliphatic heterocycles. The number of aromatic nitrogens is 1. The third-order valence-corrected chi connectivity index (χ3v) is 2.49. The SMILES string of the molecule is Cc1cc(/C=C\CI)c(C)nc1C=O. The maximum Gasteiger partial charge on any atom is 0.168 e. The highest BCUT2D eigenvalue weighted by Crippen LogP contribution is 2.12. The van der Waals surface area contributed by atoms with E-state index in [9.17, 15) is 4.79 Å². The van der Waals surface area contributed by atoms with Crippen molar-refractivity contribution < 1.29 is 4.79 Å². The molecule has 0 radical (unpaired) electrons. The van der Waals surface area contributed by atoms with Crippen LogP contribution in [0.5, 0.6) is 0 Å². The summed E-state index contributed by atoms with van der Waals surface area (Å²) < 4.78 is 0.978. The van der Waals surface area contributed by atoms with E-state index in [0.29, 0.717) is 5.69 Å². The number of carbonyl (C=O) groups excluding carboxylic acids is 1. The minimum Gasteiger partial charge on any atom is -0.296 e. The molecule has 74 valence electrons. The number of aryl methyl sites for hydroxylation is 2. The summed E-state index contributed by atoms with van der Waals surface area (Å²) in [5.74, 6) is 0. The Labute approximate surface area is 97.6 Å². The Kier molecular flexibility index (Phi) is 4.25. The predicted molar refractivity (Wildman–Crippen MR) is 67.0 cm³/mol. The van der Waals surface area contributed by atoms with E-state index in [2.05, 4.69) is 33.7 Å². The summed E-state index contributed by atoms with van der Waals surface area (Å²) in [7, 11) is 0. The Bertz CT molecular complexity index is 372. The van der Waals surface area contributed by atoms with Crippen LogP contribution >= 0.6 is 22.6 Å². The zero-order valence-electron chi connectivity index (χ0n) is 8.25. The molecule has 0 fully saturated rings. The van der Waals surface area contributed by atoms with Crippen LogP contribution < -0.4 is 0 Å². The van der Waals surface area contributed by atoms with Crippen LogP contribution in [0, 0.1) is 13.8 Å². The van der Waals surface area contributed by atoms with Gasteiger partial charge in [0.25, 0.3) is 0 Å². The predicted octanol–water partition coefficient (Wildman–Crippen LogP) is 2.96. The van der Waals surface area contributed by atoms with Crippen LogP contribution in [0.4, 0.5) is 0 Å². The number of allylic oxidation sites excluding steroid dienone is 1. The Morgan fingerprint density at radius 2 is 2.21 bits per heavy atom. The van der Waals surface area contributed by atoms with Gasteiger partial charge in [-0.25, -0.2) is 4.98 Å². The number of rotatable bonds is 3. The number of aldehydes is 1. The molecule has 0 aliphatic rings. The lowest BCUT2D eigenvalue weighted by Crippen LogP contribution is -1.96. The van der Waals surface area contributed by atoms with Crippen LogP contribution in [-0.4, -0.2) is 15.7 Å². The highest BCUT2D eigenvalue weighted by molar-refractivity contribution is 14.1. The highest BCUT2D eigenvalue weighted by Gasteiger charge is 2.02. The number of nitrogens with zero attached hydrogens (tertiary/aromatic N) is 1. The monoisotopic (exact) mass is 301 g/mol. The molecule has 0 saturated heterocycles. The number of pyridine rings is 1. The third kappa shape index (κ3) is 2.64. The summed E-state index contributed by atoms with van der Waals surface area (Å²) in [6, 6.07) is 1.99. The summed E-state index contributed by atoms with van der Waals surface area (Å²) in [5, 5.41) is 0. The summed E-state index contributed by atoms with van der Waals surface area (Å²) in [5.41, 5.74) is 3.45. The Morgan fingerprint density at radius 3 is 2.79 bits per heavy atom. The van der Waals surface area contributed by atoms with Gasteiger partial charge in [-0.1, -0.05) is 34.7 Å². The van der Waals surface area contributed by atoms with E-state index >= 15 is 0 Å². The van der Waals surface area contributed by atoms with Crippen molar-refractivity contribution in [3.63, 3.8) is 0 Å². The molecule has 0 aromatic carbocycles. The van der Waals surface area contributed by atoms with Crippen molar-refractivity contribution in [2.45, 2.75) is 13.8 Å². The summed E-state index contributed by atoms with van der Waals surface area (Å²) in [6.45, 7) is 3.82. The molecule has 1 aromatic rings. The van der Waals surface area contributed by atoms with E-state index < -0.39 is 0 Å². The van der Waals surface area contributed by atoms with Crippen LogP contribution in [0.3, 0.4) is 0 Å². The van der Waals surface area contributed by atoms with Gasteiger partial charge in [-0.3, -0.25) is 4.79 Å². The van der Waals surface area contributed by atoms with Gasteiger partial charge < -0.3 is 0 Å². The molecule has 0 saturated carbocycles. The first-order valence-electron chi connectivity index (χ1n) is 4.35. The van der Waals surface area contributed by atoms with E-state index in [1.54, 1.807) is 0 Å². The summed E-state index contributed by atoms with van der Waals surface area (Å²) in [4.78, 5) is 14.8. The number of carbonyl (C=O) groups is 1. The van der Waals surface area contributed by atoms with Gasteiger partial charge in [-0.2, -0.15) is 0 Å². The molecular formula is C11H12INO. The van der Waals surface area contributed by atoms with Crippen molar-refractivity contribution in [1.29, 1.82) is 0 Å². The minimum absolute atomic E-state index is 0.536. The molecule has 3 heteroatoms. The zero-order valence-corrected chi connectivity index (χ0v) is 10.4. The van der Waals surface area contributed by atoms with Gasteiger partial charge >= 0.3 is 0 Å². The first-order valence-corrected chi connectivity index (χ1v) is 5.87. The molecule has 0 N–H and O–H groups in total. The molecule has 0 bridgehead atoms. The Hall–Kier alpha value is -0.710. The van der Waals surface area contributed by atoms with Crippen LogP contribution in [0.2, 0.25) is 0 Å². The second-order valence-electron chi connectivity index (χ2n) is 3.04. The third-order valence-electron chi connectivity index (χ3n) is 1.98. The molecule has 2 nitrogen and oxygen atoms in total. The number of halogens is 1. The van der Waals surface area contributed by atoms with Crippen LogP contribution in [0.15, 0.2) is 12.1 Å². The topological polar surface area (TPSA) is 30.0 Å². The van der Waals surface area contributed by atoms with Crippen molar-refractivity contribution in [1.82, 2.24) is 4.98 Å². The van der Waals surface area contributed by atoms with Crippen molar-refractivity contribution >= 4 is 35.0 Å². The van der Waals surface area contributed by atoms with Crippen molar-refractivity contribution in [2.24, 2.45) is 0 Å². The molecule has 1 aromatic heterocycles. The van der Waals surface area contributed by atoms with Crippen LogP contribution in [-0.2, 0) is 0 Å². The largest absolute Gasteiger partial charge is 0.296 e. The van der Waals surface area contributed by atoms with Crippen molar-refractivity contribution in [3.8, 4) is 0 Å². The van der Waals surface area contributed by atoms with Crippen molar-refractivity contribution in [3.05, 3.63) is 34.7 Å². The van der Waals surface area contributed by atoms with Crippen LogP contribution in [0.1, 0.15) is 27.3 Å². The molecular weight excluding hydrogens is 289 g/mol. The van der Waals surface area contributed by atoms with Crippen molar-refractivity contribution in [2.75, 3.05) is 4.43 Å². The van der Waals surface area contributed by atoms with E-state index in [-0.39, 0.29) is 0 Å². The fourth-order valence-corrected chi connectivity index (χ4v) is 1.46. The minimum atomic E-state index is 0.536. The number of alkyl halides is 1. The normalized spacial score (nSPS) is 10.8. The van der Waals surface area contributed by atoms with Gasteiger partial charge in [-0.05, 0) is 31.0 Å². The van der Waals surface area contributed by atoms with Gasteiger partial charge in [0.1, 0.15) is 5.69 Å². The lowest BCUT2D eigenvalue weighted by Gasteiger charge is -2.03. The number of hydrogen-bond donors (Lipinski definition) is 0. The number of hydrogen-bond acceptors (Lipinski definition) is 2. The average molecular weight is 301 g/mol. The van der Waals surface area contributed by atoms with Gasteiger partial charge in [0.15, 0.2) is 6.29 Å². The molecule has 0 unspecified atom stereocenters. The lowest BCUT2D eigenvalue weighted by atomic mass is 10.1. The molecule has 14 heavy (non-hydrogen) atoms. The lowest BCUT2D eigenvalue weighted by molar-refractivity contribution is 0.111. The van der Waals surface area contributed by atoms with Gasteiger partial charge in [0.05, 0.1) is 0 Å². The fourth-order valence-electron chi connectivity index (χ4n) is 1.20. The maximum absolute atomic E-state index is 10.6. The van der Waals surface area contributed by atoms with Crippen LogP contribution in [0.25, 0.3) is 6.08 Å². The zero-order chi connectivity index (χ0) is 10.6. The highest BCUT2D eigenvalue weighted by atomic mass is 127. The van der Waals surface area contributed by atoms with Gasteiger partial charge in [0, 0.05) is 10.1 Å². The Balaban J connectivity index is 3.14. The van der Waals surface area contributed by atoms with Gasteiger partial charge in [-0.15, -0.1) is 0 Å². The molecule has 1 heterocycles. The van der Waals surface area contributed by atoms with E-state index in [4.69, 9.17) is 0 Å². The second-order valence-corrected chi connectivity index (χ2v) is 3.92. The second kappa shape index (κ2) is 5.24. The molecule has 0 spiro atoms. The summed E-state index contributed by atoms with van der Waals surface area (Å²) >= 11 is 2.29. The Morgan fingerprint density at radius 1 is 1.50 bits per heavy atom. The van der Waals surface area contributed by atoms with Gasteiger partial charge in [0.2, 0.25) is 0 Å². The molecule has 0 atom stereocenters. The standard InChI is InChI=1S/C11H12INO/c1-8-6-10(4-3-5-12)9(2)13-11(8)7-14/h3-4,6-7H,5H2,1-2H3/b4-3-.